The Kier molecular flexibility index (Phi) is 7.24. The first kappa shape index (κ1) is 23.7. The zero-order valence-corrected chi connectivity index (χ0v) is 20.7. The summed E-state index contributed by atoms with van der Waals surface area (Å²) in [6.07, 6.45) is 4.76. The molecule has 4 rings (SSSR count). The molecule has 174 valence electrons. The van der Waals surface area contributed by atoms with Crippen molar-refractivity contribution in [3.63, 3.8) is 0 Å². The van der Waals surface area contributed by atoms with E-state index in [9.17, 15) is 12.8 Å². The van der Waals surface area contributed by atoms with Gasteiger partial charge < -0.3 is 10.1 Å². The molecular formula is C24H30BrFN2O3S. The number of halogens is 2. The minimum atomic E-state index is -3.24. The molecule has 1 saturated carbocycles. The van der Waals surface area contributed by atoms with Gasteiger partial charge in [0.1, 0.15) is 18.2 Å². The molecule has 1 atom stereocenters. The van der Waals surface area contributed by atoms with Crippen LogP contribution in [0.2, 0.25) is 0 Å². The maximum atomic E-state index is 13.6. The number of hydrogen-bond acceptors (Lipinski definition) is 4. The average Bonchev–Trinajstić information content (AvgIpc) is 2.72. The zero-order chi connectivity index (χ0) is 22.8. The summed E-state index contributed by atoms with van der Waals surface area (Å²) in [7, 11) is -3.24. The van der Waals surface area contributed by atoms with Crippen molar-refractivity contribution in [3.05, 3.63) is 63.4 Å². The van der Waals surface area contributed by atoms with E-state index < -0.39 is 10.0 Å². The lowest BCUT2D eigenvalue weighted by atomic mass is 9.58. The Morgan fingerprint density at radius 1 is 1.25 bits per heavy atom. The van der Waals surface area contributed by atoms with E-state index in [2.05, 4.69) is 32.0 Å². The Labute approximate surface area is 198 Å². The molecule has 1 unspecified atom stereocenters. The summed E-state index contributed by atoms with van der Waals surface area (Å²) in [5.74, 6) is 0.622. The summed E-state index contributed by atoms with van der Waals surface area (Å²) in [6.45, 7) is 3.22. The number of rotatable bonds is 9. The molecule has 2 aromatic carbocycles. The van der Waals surface area contributed by atoms with Gasteiger partial charge in [0, 0.05) is 22.5 Å². The first-order valence-corrected chi connectivity index (χ1v) is 13.7. The fourth-order valence-electron chi connectivity index (χ4n) is 4.97. The molecule has 32 heavy (non-hydrogen) atoms. The van der Waals surface area contributed by atoms with Crippen molar-refractivity contribution in [2.75, 3.05) is 25.4 Å². The first-order chi connectivity index (χ1) is 15.3. The fraction of sp³-hybridized carbons (Fsp3) is 0.500. The molecule has 5 nitrogen and oxygen atoms in total. The fourth-order valence-corrected chi connectivity index (χ4v) is 6.70. The van der Waals surface area contributed by atoms with Gasteiger partial charge in [0.25, 0.3) is 0 Å². The van der Waals surface area contributed by atoms with E-state index in [4.69, 9.17) is 4.74 Å². The molecule has 0 radical (unpaired) electrons. The van der Waals surface area contributed by atoms with Crippen LogP contribution in [0, 0.1) is 5.82 Å². The van der Waals surface area contributed by atoms with Crippen LogP contribution in [0.15, 0.2) is 40.9 Å². The molecule has 8 heteroatoms. The number of fused-ring (bicyclic) bond motifs is 1. The van der Waals surface area contributed by atoms with Gasteiger partial charge in [-0.3, -0.25) is 0 Å². The third-order valence-electron chi connectivity index (χ3n) is 6.62. The molecule has 0 saturated heterocycles. The maximum Gasteiger partial charge on any atom is 0.211 e. The molecular weight excluding hydrogens is 495 g/mol. The third-order valence-corrected chi connectivity index (χ3v) is 8.92. The highest BCUT2D eigenvalue weighted by Gasteiger charge is 2.47. The lowest BCUT2D eigenvalue weighted by Crippen LogP contribution is -2.49. The smallest absolute Gasteiger partial charge is 0.211 e. The van der Waals surface area contributed by atoms with Crippen molar-refractivity contribution in [2.45, 2.75) is 50.5 Å². The van der Waals surface area contributed by atoms with Crippen molar-refractivity contribution in [3.8, 4) is 5.75 Å². The Morgan fingerprint density at radius 2 is 2.00 bits per heavy atom. The van der Waals surface area contributed by atoms with E-state index >= 15 is 0 Å². The predicted molar refractivity (Wildman–Crippen MR) is 128 cm³/mol. The van der Waals surface area contributed by atoms with Gasteiger partial charge in [-0.2, -0.15) is 0 Å². The number of nitrogens with one attached hydrogen (secondary N) is 2. The number of benzene rings is 2. The predicted octanol–water partition coefficient (Wildman–Crippen LogP) is 4.61. The summed E-state index contributed by atoms with van der Waals surface area (Å²) in [5, 5.41) is 3.73. The standard InChI is InChI=1S/C24H30BrFN2O3S/c1-2-14-32(29,30)28-12-13-31-19-15-21-20(22(25)16-19)8-11-27-23(21)24(9-3-10-24)17-4-6-18(26)7-5-17/h4-7,15-16,23,27-28H,2-3,8-14H2,1H3. The quantitative estimate of drug-likeness (QED) is 0.470. The van der Waals surface area contributed by atoms with Crippen LogP contribution in [0.5, 0.6) is 5.75 Å². The SMILES string of the molecule is CCCS(=O)(=O)NCCOc1cc(Br)c2c(c1)C(C1(c3ccc(F)cc3)CCC1)NCC2. The van der Waals surface area contributed by atoms with Gasteiger partial charge >= 0.3 is 0 Å². The van der Waals surface area contributed by atoms with E-state index in [1.54, 1.807) is 12.1 Å². The van der Waals surface area contributed by atoms with E-state index in [0.717, 1.165) is 36.7 Å². The Balaban J connectivity index is 1.55. The summed E-state index contributed by atoms with van der Waals surface area (Å²) < 4.78 is 46.7. The van der Waals surface area contributed by atoms with Gasteiger partial charge in [-0.15, -0.1) is 0 Å². The normalized spacial score (nSPS) is 19.8. The van der Waals surface area contributed by atoms with Crippen molar-refractivity contribution in [1.82, 2.24) is 10.0 Å². The Morgan fingerprint density at radius 3 is 2.66 bits per heavy atom. The molecule has 2 N–H and O–H groups in total. The summed E-state index contributed by atoms with van der Waals surface area (Å²) >= 11 is 3.73. The second-order valence-electron chi connectivity index (χ2n) is 8.69. The third kappa shape index (κ3) is 4.88. The van der Waals surface area contributed by atoms with Crippen LogP contribution in [0.4, 0.5) is 4.39 Å². The second-order valence-corrected chi connectivity index (χ2v) is 11.5. The van der Waals surface area contributed by atoms with Gasteiger partial charge in [-0.05, 0) is 73.2 Å². The molecule has 1 heterocycles. The van der Waals surface area contributed by atoms with Gasteiger partial charge in [0.05, 0.1) is 5.75 Å². The number of ether oxygens (including phenoxy) is 1. The monoisotopic (exact) mass is 524 g/mol. The van der Waals surface area contributed by atoms with E-state index in [-0.39, 0.29) is 36.2 Å². The highest BCUT2D eigenvalue weighted by atomic mass is 79.9. The molecule has 0 spiro atoms. The number of sulfonamides is 1. The molecule has 1 aliphatic heterocycles. The van der Waals surface area contributed by atoms with Crippen molar-refractivity contribution >= 4 is 26.0 Å². The first-order valence-electron chi connectivity index (χ1n) is 11.3. The van der Waals surface area contributed by atoms with Gasteiger partial charge in [0.2, 0.25) is 10.0 Å². The van der Waals surface area contributed by atoms with E-state index in [0.29, 0.717) is 12.2 Å². The molecule has 2 aliphatic rings. The van der Waals surface area contributed by atoms with Crippen LogP contribution in [0.1, 0.15) is 55.3 Å². The highest BCUT2D eigenvalue weighted by Crippen LogP contribution is 2.54. The average molecular weight is 525 g/mol. The van der Waals surface area contributed by atoms with E-state index in [1.165, 1.54) is 16.7 Å². The summed E-state index contributed by atoms with van der Waals surface area (Å²) in [4.78, 5) is 0. The lowest BCUT2D eigenvalue weighted by Gasteiger charge is -2.50. The topological polar surface area (TPSA) is 67.4 Å². The minimum Gasteiger partial charge on any atom is -0.492 e. The van der Waals surface area contributed by atoms with Crippen LogP contribution >= 0.6 is 15.9 Å². The van der Waals surface area contributed by atoms with Crippen molar-refractivity contribution in [2.24, 2.45) is 0 Å². The Hall–Kier alpha value is -1.48. The van der Waals surface area contributed by atoms with Crippen LogP contribution in [-0.2, 0) is 21.9 Å². The van der Waals surface area contributed by atoms with Crippen LogP contribution in [-0.4, -0.2) is 33.9 Å². The van der Waals surface area contributed by atoms with Crippen LogP contribution in [0.25, 0.3) is 0 Å². The maximum absolute atomic E-state index is 13.6. The van der Waals surface area contributed by atoms with Crippen LogP contribution in [0.3, 0.4) is 0 Å². The highest BCUT2D eigenvalue weighted by molar-refractivity contribution is 9.10. The molecule has 0 amide bonds. The van der Waals surface area contributed by atoms with E-state index in [1.807, 2.05) is 25.1 Å². The molecule has 2 aromatic rings. The molecule has 0 aromatic heterocycles. The van der Waals surface area contributed by atoms with Crippen molar-refractivity contribution in [1.29, 1.82) is 0 Å². The zero-order valence-electron chi connectivity index (χ0n) is 18.3. The van der Waals surface area contributed by atoms with Gasteiger partial charge in [-0.1, -0.05) is 41.4 Å². The van der Waals surface area contributed by atoms with Gasteiger partial charge in [0.15, 0.2) is 0 Å². The molecule has 0 bridgehead atoms. The minimum absolute atomic E-state index is 0.0588. The number of hydrogen-bond donors (Lipinski definition) is 2. The summed E-state index contributed by atoms with van der Waals surface area (Å²) in [5.41, 5.74) is 3.59. The second kappa shape index (κ2) is 9.79. The lowest BCUT2D eigenvalue weighted by molar-refractivity contribution is 0.164. The summed E-state index contributed by atoms with van der Waals surface area (Å²) in [6, 6.07) is 11.1. The van der Waals surface area contributed by atoms with Crippen molar-refractivity contribution < 1.29 is 17.5 Å². The molecule has 1 aliphatic carbocycles. The molecule has 1 fully saturated rings. The Bertz CT molecular complexity index is 1060. The largest absolute Gasteiger partial charge is 0.492 e. The van der Waals surface area contributed by atoms with Gasteiger partial charge in [-0.25, -0.2) is 17.5 Å². The van der Waals surface area contributed by atoms with Crippen LogP contribution < -0.4 is 14.8 Å².